The van der Waals surface area contributed by atoms with Crippen molar-refractivity contribution in [1.29, 1.82) is 0 Å². The van der Waals surface area contributed by atoms with E-state index in [0.29, 0.717) is 33.6 Å². The van der Waals surface area contributed by atoms with Crippen molar-refractivity contribution in [3.63, 3.8) is 0 Å². The number of fused-ring (bicyclic) bond motifs is 3. The number of aliphatic imine (C=N–C) groups is 1. The van der Waals surface area contributed by atoms with Gasteiger partial charge in [0.25, 0.3) is 0 Å². The molecule has 0 saturated heterocycles. The van der Waals surface area contributed by atoms with E-state index in [0.717, 1.165) is 5.56 Å². The van der Waals surface area contributed by atoms with Crippen molar-refractivity contribution >= 4 is 17.3 Å². The van der Waals surface area contributed by atoms with Crippen molar-refractivity contribution in [2.75, 3.05) is 0 Å². The summed E-state index contributed by atoms with van der Waals surface area (Å²) in [6.07, 6.45) is 1.56. The summed E-state index contributed by atoms with van der Waals surface area (Å²) in [4.78, 5) is 4.50. The SMILES string of the molecule is Cc1ccc2c(c1Cl)C(c1c(F)cccc1F)=NCc1nnc(-c3cccnn3)n1-2. The maximum atomic E-state index is 14.7. The van der Waals surface area contributed by atoms with Crippen LogP contribution in [0.1, 0.15) is 22.5 Å². The summed E-state index contributed by atoms with van der Waals surface area (Å²) in [5.41, 5.74) is 2.11. The number of aromatic nitrogens is 5. The standard InChI is InChI=1S/C21H13ClF2N6/c1-11-7-8-15-18(19(11)22)20(17-12(23)4-2-5-13(17)24)25-10-16-28-29-21(30(15)16)14-6-3-9-26-27-14/h2-9H,10H2,1H3. The monoisotopic (exact) mass is 422 g/mol. The first-order valence-corrected chi connectivity index (χ1v) is 9.45. The van der Waals surface area contributed by atoms with Crippen molar-refractivity contribution in [2.24, 2.45) is 4.99 Å². The van der Waals surface area contributed by atoms with Gasteiger partial charge in [0.05, 0.1) is 22.0 Å². The molecule has 0 fully saturated rings. The number of hydrogen-bond donors (Lipinski definition) is 0. The average molecular weight is 423 g/mol. The van der Waals surface area contributed by atoms with Crippen molar-refractivity contribution in [2.45, 2.75) is 13.5 Å². The fourth-order valence-electron chi connectivity index (χ4n) is 3.50. The van der Waals surface area contributed by atoms with Crippen LogP contribution < -0.4 is 0 Å². The van der Waals surface area contributed by atoms with E-state index in [1.54, 1.807) is 22.9 Å². The number of benzene rings is 2. The van der Waals surface area contributed by atoms with E-state index in [4.69, 9.17) is 11.6 Å². The lowest BCUT2D eigenvalue weighted by Gasteiger charge is -2.17. The molecule has 0 radical (unpaired) electrons. The summed E-state index contributed by atoms with van der Waals surface area (Å²) in [6, 6.07) is 10.8. The van der Waals surface area contributed by atoms with Crippen LogP contribution in [0.4, 0.5) is 8.78 Å². The Morgan fingerprint density at radius 1 is 0.933 bits per heavy atom. The van der Waals surface area contributed by atoms with Gasteiger partial charge in [-0.15, -0.1) is 15.3 Å². The van der Waals surface area contributed by atoms with E-state index in [1.165, 1.54) is 18.2 Å². The number of aryl methyl sites for hydroxylation is 1. The largest absolute Gasteiger partial charge is 0.276 e. The normalized spacial score (nSPS) is 12.7. The fraction of sp³-hybridized carbons (Fsp3) is 0.0952. The van der Waals surface area contributed by atoms with Crippen molar-refractivity contribution in [3.05, 3.63) is 87.8 Å². The smallest absolute Gasteiger partial charge is 0.189 e. The summed E-state index contributed by atoms with van der Waals surface area (Å²) in [5, 5.41) is 16.8. The van der Waals surface area contributed by atoms with Crippen LogP contribution >= 0.6 is 11.6 Å². The van der Waals surface area contributed by atoms with Crippen LogP contribution in [0, 0.1) is 18.6 Å². The Hall–Kier alpha value is -3.52. The highest BCUT2D eigenvalue weighted by molar-refractivity contribution is 6.37. The molecule has 0 aliphatic carbocycles. The molecule has 1 aliphatic heterocycles. The first-order chi connectivity index (χ1) is 14.6. The molecular weight excluding hydrogens is 410 g/mol. The van der Waals surface area contributed by atoms with Gasteiger partial charge in [0.15, 0.2) is 11.6 Å². The van der Waals surface area contributed by atoms with E-state index < -0.39 is 11.6 Å². The Kier molecular flexibility index (Phi) is 4.36. The molecular formula is C21H13ClF2N6. The maximum absolute atomic E-state index is 14.7. The maximum Gasteiger partial charge on any atom is 0.189 e. The molecule has 3 heterocycles. The van der Waals surface area contributed by atoms with Crippen LogP contribution in [0.15, 0.2) is 53.7 Å². The molecule has 5 rings (SSSR count). The Morgan fingerprint density at radius 2 is 1.73 bits per heavy atom. The lowest BCUT2D eigenvalue weighted by atomic mass is 9.97. The first-order valence-electron chi connectivity index (χ1n) is 9.07. The molecule has 2 aromatic carbocycles. The number of halogens is 3. The number of nitrogens with zero attached hydrogens (tertiary/aromatic N) is 6. The zero-order valence-electron chi connectivity index (χ0n) is 15.6. The Balaban J connectivity index is 1.84. The quantitative estimate of drug-likeness (QED) is 0.482. The summed E-state index contributed by atoms with van der Waals surface area (Å²) in [6.45, 7) is 1.87. The predicted octanol–water partition coefficient (Wildman–Crippen LogP) is 4.32. The molecule has 4 aromatic rings. The van der Waals surface area contributed by atoms with Gasteiger partial charge in [-0.3, -0.25) is 9.56 Å². The van der Waals surface area contributed by atoms with Crippen LogP contribution in [0.3, 0.4) is 0 Å². The second-order valence-corrected chi connectivity index (χ2v) is 7.11. The van der Waals surface area contributed by atoms with Gasteiger partial charge in [-0.2, -0.15) is 5.10 Å². The molecule has 0 bridgehead atoms. The van der Waals surface area contributed by atoms with Crippen LogP contribution in [-0.2, 0) is 6.54 Å². The third kappa shape index (κ3) is 2.80. The lowest BCUT2D eigenvalue weighted by molar-refractivity contribution is 0.579. The van der Waals surface area contributed by atoms with Gasteiger partial charge in [-0.05, 0) is 42.8 Å². The summed E-state index contributed by atoms with van der Waals surface area (Å²) < 4.78 is 31.1. The zero-order chi connectivity index (χ0) is 20.8. The second kappa shape index (κ2) is 7.07. The van der Waals surface area contributed by atoms with Gasteiger partial charge in [-0.25, -0.2) is 8.78 Å². The minimum atomic E-state index is -0.718. The van der Waals surface area contributed by atoms with Gasteiger partial charge >= 0.3 is 0 Å². The minimum absolute atomic E-state index is 0.0560. The highest BCUT2D eigenvalue weighted by atomic mass is 35.5. The van der Waals surface area contributed by atoms with E-state index in [2.05, 4.69) is 25.4 Å². The van der Waals surface area contributed by atoms with Gasteiger partial charge in [-0.1, -0.05) is 23.7 Å². The zero-order valence-corrected chi connectivity index (χ0v) is 16.4. The Labute approximate surface area is 174 Å². The Morgan fingerprint density at radius 3 is 2.47 bits per heavy atom. The highest BCUT2D eigenvalue weighted by Gasteiger charge is 2.29. The minimum Gasteiger partial charge on any atom is -0.276 e. The average Bonchev–Trinajstić information content (AvgIpc) is 3.10. The molecule has 0 saturated carbocycles. The number of hydrogen-bond acceptors (Lipinski definition) is 5. The van der Waals surface area contributed by atoms with Crippen LogP contribution in [0.25, 0.3) is 17.2 Å². The highest BCUT2D eigenvalue weighted by Crippen LogP contribution is 2.35. The molecule has 30 heavy (non-hydrogen) atoms. The molecule has 0 unspecified atom stereocenters. The van der Waals surface area contributed by atoms with Crippen LogP contribution in [-0.4, -0.2) is 30.7 Å². The summed E-state index contributed by atoms with van der Waals surface area (Å²) >= 11 is 6.66. The van der Waals surface area contributed by atoms with Crippen LogP contribution in [0.5, 0.6) is 0 Å². The molecule has 0 atom stereocenters. The van der Waals surface area contributed by atoms with Crippen LogP contribution in [0.2, 0.25) is 5.02 Å². The first kappa shape index (κ1) is 18.5. The third-order valence-corrected chi connectivity index (χ3v) is 5.39. The third-order valence-electron chi connectivity index (χ3n) is 4.90. The summed E-state index contributed by atoms with van der Waals surface area (Å²) in [7, 11) is 0. The molecule has 2 aromatic heterocycles. The topological polar surface area (TPSA) is 68.8 Å². The molecule has 0 N–H and O–H groups in total. The fourth-order valence-corrected chi connectivity index (χ4v) is 3.75. The van der Waals surface area contributed by atoms with E-state index >= 15 is 0 Å². The number of rotatable bonds is 2. The second-order valence-electron chi connectivity index (χ2n) is 6.74. The van der Waals surface area contributed by atoms with E-state index in [-0.39, 0.29) is 17.8 Å². The summed E-state index contributed by atoms with van der Waals surface area (Å²) in [5.74, 6) is -0.513. The Bertz CT molecular complexity index is 1300. The lowest BCUT2D eigenvalue weighted by Crippen LogP contribution is -2.13. The molecule has 6 nitrogen and oxygen atoms in total. The van der Waals surface area contributed by atoms with E-state index in [1.807, 2.05) is 19.1 Å². The van der Waals surface area contributed by atoms with E-state index in [9.17, 15) is 8.78 Å². The van der Waals surface area contributed by atoms with Gasteiger partial charge in [0.2, 0.25) is 0 Å². The molecule has 148 valence electrons. The van der Waals surface area contributed by atoms with Gasteiger partial charge < -0.3 is 0 Å². The van der Waals surface area contributed by atoms with Gasteiger partial charge in [0.1, 0.15) is 23.9 Å². The predicted molar refractivity (Wildman–Crippen MR) is 108 cm³/mol. The van der Waals surface area contributed by atoms with Crippen molar-refractivity contribution in [3.8, 4) is 17.2 Å². The molecule has 0 spiro atoms. The van der Waals surface area contributed by atoms with Gasteiger partial charge in [0, 0.05) is 11.8 Å². The van der Waals surface area contributed by atoms with Crippen molar-refractivity contribution in [1.82, 2.24) is 25.0 Å². The molecule has 0 amide bonds. The van der Waals surface area contributed by atoms with Crippen molar-refractivity contribution < 1.29 is 8.78 Å². The molecule has 9 heteroatoms. The molecule has 1 aliphatic rings.